The molecule has 2 amide bonds. The Kier molecular flexibility index (Phi) is 11.6. The Bertz CT molecular complexity index is 1420. The number of nitrogens with zero attached hydrogens (tertiary/aromatic N) is 3. The third-order valence-corrected chi connectivity index (χ3v) is 9.40. The maximum atomic E-state index is 13.9. The molecule has 0 aliphatic carbocycles. The molecule has 0 radical (unpaired) electrons. The molecule has 2 atom stereocenters. The summed E-state index contributed by atoms with van der Waals surface area (Å²) in [5.41, 5.74) is 3.54. The fourth-order valence-corrected chi connectivity index (χ4v) is 7.03. The van der Waals surface area contributed by atoms with Crippen LogP contribution in [0.2, 0.25) is 0 Å². The summed E-state index contributed by atoms with van der Waals surface area (Å²) in [6.45, 7) is 5.22. The van der Waals surface area contributed by atoms with E-state index in [1.54, 1.807) is 6.07 Å². The Labute approximate surface area is 260 Å². The number of ether oxygens (including phenoxy) is 2. The number of carbonyl (C=O) groups excluding carboxylic acids is 2. The molecule has 0 saturated carbocycles. The monoisotopic (exact) mass is 626 g/mol. The van der Waals surface area contributed by atoms with Crippen LogP contribution in [0.4, 0.5) is 0 Å². The van der Waals surface area contributed by atoms with Gasteiger partial charge < -0.3 is 14.6 Å². The second-order valence-corrected chi connectivity index (χ2v) is 13.5. The summed E-state index contributed by atoms with van der Waals surface area (Å²) >= 11 is 0. The van der Waals surface area contributed by atoms with Crippen LogP contribution in [0.3, 0.4) is 0 Å². The number of hydrogen-bond acceptors (Lipinski definition) is 8. The van der Waals surface area contributed by atoms with Crippen molar-refractivity contribution in [3.63, 3.8) is 0 Å². The molecule has 0 spiro atoms. The van der Waals surface area contributed by atoms with E-state index < -0.39 is 34.0 Å². The minimum absolute atomic E-state index is 0.00143. The first-order valence-corrected chi connectivity index (χ1v) is 16.4. The van der Waals surface area contributed by atoms with E-state index in [0.29, 0.717) is 11.5 Å². The van der Waals surface area contributed by atoms with Crippen molar-refractivity contribution in [2.45, 2.75) is 63.0 Å². The maximum Gasteiger partial charge on any atom is 0.252 e. The summed E-state index contributed by atoms with van der Waals surface area (Å²) < 4.78 is 39.8. The molecule has 1 saturated heterocycles. The number of terminal acetylenes is 1. The largest absolute Gasteiger partial charge is 0.454 e. The number of hydrazine groups is 1. The first kappa shape index (κ1) is 33.3. The molecular formula is C32H42N4O7S. The van der Waals surface area contributed by atoms with Gasteiger partial charge in [-0.25, -0.2) is 13.4 Å². The Hall–Kier alpha value is -3.63. The van der Waals surface area contributed by atoms with Crippen molar-refractivity contribution >= 4 is 21.8 Å². The average Bonchev–Trinajstić information content (AvgIpc) is 3.69. The molecule has 2 aromatic carbocycles. The SMILES string of the molecule is C#CCCC(=O)N(NC(=O)CN1CCCC1)[C@@H](Cc1ccccc1)[C@H](O)CN(CC(C)C)S(=O)(=O)c1ccc2c(c1)OCO2. The number of fused-ring (bicyclic) bond motifs is 1. The highest BCUT2D eigenvalue weighted by atomic mass is 32.2. The molecule has 2 N–H and O–H groups in total. The third kappa shape index (κ3) is 8.72. The zero-order valence-electron chi connectivity index (χ0n) is 25.4. The zero-order valence-corrected chi connectivity index (χ0v) is 26.2. The molecule has 0 aromatic heterocycles. The molecule has 0 unspecified atom stereocenters. The molecule has 4 rings (SSSR count). The van der Waals surface area contributed by atoms with Gasteiger partial charge in [0.05, 0.1) is 23.6 Å². The van der Waals surface area contributed by atoms with Crippen LogP contribution in [0.25, 0.3) is 0 Å². The Morgan fingerprint density at radius 3 is 2.45 bits per heavy atom. The van der Waals surface area contributed by atoms with Crippen LogP contribution in [-0.4, -0.2) is 91.2 Å². The molecule has 11 nitrogen and oxygen atoms in total. The Morgan fingerprint density at radius 2 is 1.77 bits per heavy atom. The summed E-state index contributed by atoms with van der Waals surface area (Å²) in [5.74, 6) is 2.30. The highest BCUT2D eigenvalue weighted by Crippen LogP contribution is 2.35. The van der Waals surface area contributed by atoms with Gasteiger partial charge in [-0.05, 0) is 56.0 Å². The van der Waals surface area contributed by atoms with E-state index in [9.17, 15) is 23.1 Å². The van der Waals surface area contributed by atoms with Gasteiger partial charge in [0.15, 0.2) is 11.5 Å². The Morgan fingerprint density at radius 1 is 1.07 bits per heavy atom. The lowest BCUT2D eigenvalue weighted by Crippen LogP contribution is -2.60. The lowest BCUT2D eigenvalue weighted by molar-refractivity contribution is -0.148. The number of aliphatic hydroxyl groups is 1. The van der Waals surface area contributed by atoms with Crippen molar-refractivity contribution < 1.29 is 32.6 Å². The number of aliphatic hydroxyl groups excluding tert-OH is 1. The number of sulfonamides is 1. The lowest BCUT2D eigenvalue weighted by atomic mass is 9.99. The molecule has 2 aromatic rings. The lowest BCUT2D eigenvalue weighted by Gasteiger charge is -2.37. The van der Waals surface area contributed by atoms with Crippen LogP contribution in [-0.2, 0) is 26.0 Å². The van der Waals surface area contributed by atoms with E-state index in [-0.39, 0.29) is 56.5 Å². The molecular weight excluding hydrogens is 584 g/mol. The maximum absolute atomic E-state index is 13.9. The minimum atomic E-state index is -4.10. The van der Waals surface area contributed by atoms with Gasteiger partial charge in [-0.15, -0.1) is 12.3 Å². The Balaban J connectivity index is 1.65. The molecule has 238 valence electrons. The third-order valence-electron chi connectivity index (χ3n) is 7.57. The van der Waals surface area contributed by atoms with Crippen LogP contribution in [0.1, 0.15) is 45.1 Å². The highest BCUT2D eigenvalue weighted by molar-refractivity contribution is 7.89. The number of likely N-dealkylation sites (tertiary alicyclic amines) is 1. The van der Waals surface area contributed by atoms with Crippen LogP contribution in [0.5, 0.6) is 11.5 Å². The first-order valence-electron chi connectivity index (χ1n) is 15.0. The van der Waals surface area contributed by atoms with Gasteiger partial charge in [-0.2, -0.15) is 4.31 Å². The first-order chi connectivity index (χ1) is 21.1. The second kappa shape index (κ2) is 15.4. The van der Waals surface area contributed by atoms with Gasteiger partial charge >= 0.3 is 0 Å². The van der Waals surface area contributed by atoms with Gasteiger partial charge in [0.25, 0.3) is 5.91 Å². The molecule has 12 heteroatoms. The fourth-order valence-electron chi connectivity index (χ4n) is 5.39. The van der Waals surface area contributed by atoms with Crippen LogP contribution in [0, 0.1) is 18.3 Å². The molecule has 0 bridgehead atoms. The van der Waals surface area contributed by atoms with E-state index in [4.69, 9.17) is 15.9 Å². The van der Waals surface area contributed by atoms with Crippen molar-refractivity contribution in [2.75, 3.05) is 39.5 Å². The van der Waals surface area contributed by atoms with Crippen LogP contribution >= 0.6 is 0 Å². The minimum Gasteiger partial charge on any atom is -0.454 e. The van der Waals surface area contributed by atoms with Gasteiger partial charge in [0.2, 0.25) is 22.7 Å². The second-order valence-electron chi connectivity index (χ2n) is 11.5. The molecule has 1 fully saturated rings. The van der Waals surface area contributed by atoms with Gasteiger partial charge in [0.1, 0.15) is 0 Å². The summed E-state index contributed by atoms with van der Waals surface area (Å²) in [7, 11) is -4.10. The van der Waals surface area contributed by atoms with Crippen LogP contribution < -0.4 is 14.9 Å². The normalized spacial score (nSPS) is 16.1. The summed E-state index contributed by atoms with van der Waals surface area (Å²) in [5, 5.41) is 13.0. The zero-order chi connectivity index (χ0) is 31.7. The van der Waals surface area contributed by atoms with Crippen molar-refractivity contribution in [3.8, 4) is 23.8 Å². The van der Waals surface area contributed by atoms with Crippen molar-refractivity contribution in [1.29, 1.82) is 0 Å². The van der Waals surface area contributed by atoms with Gasteiger partial charge in [-0.3, -0.25) is 19.9 Å². The van der Waals surface area contributed by atoms with Gasteiger partial charge in [0, 0.05) is 32.0 Å². The van der Waals surface area contributed by atoms with Crippen molar-refractivity contribution in [3.05, 3.63) is 54.1 Å². The van der Waals surface area contributed by atoms with Crippen LogP contribution in [0.15, 0.2) is 53.4 Å². The smallest absolute Gasteiger partial charge is 0.252 e. The number of carbonyl (C=O) groups is 2. The van der Waals surface area contributed by atoms with E-state index in [2.05, 4.69) is 11.3 Å². The van der Waals surface area contributed by atoms with E-state index >= 15 is 0 Å². The molecule has 2 aliphatic heterocycles. The standard InChI is InChI=1S/C32H42N4O7S/c1-4-5-13-32(39)36(33-31(38)22-34-16-9-10-17-34)27(18-25-11-7-6-8-12-25)28(37)21-35(20-24(2)3)44(40,41)26-14-15-29-30(19-26)43-23-42-29/h1,6-8,11-12,14-15,19,24,27-28,37H,5,9-10,13,16-18,20-23H2,2-3H3,(H,33,38)/t27-,28+/m0/s1. The number of amides is 2. The fraction of sp³-hybridized carbons (Fsp3) is 0.500. The van der Waals surface area contributed by atoms with Crippen molar-refractivity contribution in [1.82, 2.24) is 19.6 Å². The highest BCUT2D eigenvalue weighted by Gasteiger charge is 2.36. The van der Waals surface area contributed by atoms with E-state index in [1.165, 1.54) is 16.4 Å². The number of hydrogen-bond donors (Lipinski definition) is 2. The van der Waals surface area contributed by atoms with E-state index in [1.807, 2.05) is 49.1 Å². The van der Waals surface area contributed by atoms with E-state index in [0.717, 1.165) is 36.5 Å². The van der Waals surface area contributed by atoms with Gasteiger partial charge in [-0.1, -0.05) is 44.2 Å². The number of rotatable bonds is 14. The summed E-state index contributed by atoms with van der Waals surface area (Å²) in [6.07, 6.45) is 6.31. The predicted octanol–water partition coefficient (Wildman–Crippen LogP) is 2.40. The molecule has 2 heterocycles. The average molecular weight is 627 g/mol. The summed E-state index contributed by atoms with van der Waals surface area (Å²) in [6, 6.07) is 12.6. The number of nitrogens with one attached hydrogen (secondary N) is 1. The van der Waals surface area contributed by atoms with Crippen molar-refractivity contribution in [2.24, 2.45) is 5.92 Å². The quantitative estimate of drug-likeness (QED) is 0.242. The number of benzene rings is 2. The topological polar surface area (TPSA) is 129 Å². The predicted molar refractivity (Wildman–Crippen MR) is 165 cm³/mol. The molecule has 2 aliphatic rings. The summed E-state index contributed by atoms with van der Waals surface area (Å²) in [4.78, 5) is 28.7. The molecule has 44 heavy (non-hydrogen) atoms.